The number of hydrogen-bond donors (Lipinski definition) is 0. The lowest BCUT2D eigenvalue weighted by Gasteiger charge is -2.39. The van der Waals surface area contributed by atoms with Gasteiger partial charge in [-0.25, -0.2) is 4.68 Å². The summed E-state index contributed by atoms with van der Waals surface area (Å²) < 4.78 is 7.66. The van der Waals surface area contributed by atoms with Gasteiger partial charge in [-0.05, 0) is 55.0 Å². The monoisotopic (exact) mass is 421 g/mol. The molecule has 2 aromatic heterocycles. The molecule has 3 heterocycles. The third-order valence-corrected chi connectivity index (χ3v) is 5.73. The summed E-state index contributed by atoms with van der Waals surface area (Å²) in [5, 5.41) is 12.8. The molecule has 0 radical (unpaired) electrons. The number of piperazine rings is 1. The van der Waals surface area contributed by atoms with Gasteiger partial charge in [-0.3, -0.25) is 14.8 Å². The van der Waals surface area contributed by atoms with Gasteiger partial charge in [0.05, 0.1) is 12.6 Å². The van der Waals surface area contributed by atoms with Crippen molar-refractivity contribution in [3.8, 4) is 5.75 Å². The Hall–Kier alpha value is -2.84. The molecule has 1 aliphatic rings. The van der Waals surface area contributed by atoms with Gasteiger partial charge >= 0.3 is 0 Å². The Morgan fingerprint density at radius 1 is 1.00 bits per heavy atom. The van der Waals surface area contributed by atoms with E-state index < -0.39 is 0 Å². The molecule has 0 unspecified atom stereocenters. The molecule has 1 saturated heterocycles. The van der Waals surface area contributed by atoms with Crippen molar-refractivity contribution in [2.45, 2.75) is 38.9 Å². The molecule has 1 fully saturated rings. The molecule has 1 aromatic carbocycles. The SMILES string of the molecule is COc1ccccc1[C@@H](c1nnnn1C(C)(C)C)N1CCN(Cc2ccncc2)CC1. The third-order valence-electron chi connectivity index (χ3n) is 5.73. The highest BCUT2D eigenvalue weighted by Crippen LogP contribution is 2.35. The predicted octanol–water partition coefficient (Wildman–Crippen LogP) is 2.74. The van der Waals surface area contributed by atoms with Crippen molar-refractivity contribution in [1.29, 1.82) is 0 Å². The molecule has 4 rings (SSSR count). The summed E-state index contributed by atoms with van der Waals surface area (Å²) in [5.41, 5.74) is 2.16. The highest BCUT2D eigenvalue weighted by molar-refractivity contribution is 5.39. The molecule has 1 aliphatic heterocycles. The van der Waals surface area contributed by atoms with Gasteiger partial charge < -0.3 is 4.74 Å². The first kappa shape index (κ1) is 21.4. The van der Waals surface area contributed by atoms with Crippen LogP contribution >= 0.6 is 0 Å². The predicted molar refractivity (Wildman–Crippen MR) is 119 cm³/mol. The number of nitrogens with zero attached hydrogens (tertiary/aromatic N) is 7. The van der Waals surface area contributed by atoms with E-state index in [2.05, 4.69) is 75.3 Å². The van der Waals surface area contributed by atoms with Gasteiger partial charge in [0.25, 0.3) is 0 Å². The molecule has 0 saturated carbocycles. The molecular formula is C23H31N7O. The van der Waals surface area contributed by atoms with Gasteiger partial charge in [0.15, 0.2) is 5.82 Å². The van der Waals surface area contributed by atoms with E-state index in [0.29, 0.717) is 0 Å². The standard InChI is InChI=1S/C23H31N7O/c1-23(2,3)30-22(25-26-27-30)21(19-7-5-6-8-20(19)31-4)29-15-13-28(14-16-29)17-18-9-11-24-12-10-18/h5-12,21H,13-17H2,1-4H3/t21-/m0/s1. The minimum absolute atomic E-state index is 0.0755. The van der Waals surface area contributed by atoms with Crippen molar-refractivity contribution in [1.82, 2.24) is 35.0 Å². The Bertz CT molecular complexity index is 975. The van der Waals surface area contributed by atoms with E-state index >= 15 is 0 Å². The third kappa shape index (κ3) is 4.75. The van der Waals surface area contributed by atoms with Gasteiger partial charge in [-0.1, -0.05) is 18.2 Å². The van der Waals surface area contributed by atoms with Crippen LogP contribution in [0.15, 0.2) is 48.8 Å². The number of pyridine rings is 1. The van der Waals surface area contributed by atoms with Crippen molar-refractivity contribution in [2.24, 2.45) is 0 Å². The molecule has 0 aliphatic carbocycles. The first-order valence-electron chi connectivity index (χ1n) is 10.7. The maximum Gasteiger partial charge on any atom is 0.173 e. The molecule has 8 nitrogen and oxygen atoms in total. The number of aromatic nitrogens is 5. The van der Waals surface area contributed by atoms with E-state index in [4.69, 9.17) is 4.74 Å². The smallest absolute Gasteiger partial charge is 0.173 e. The maximum atomic E-state index is 5.72. The summed E-state index contributed by atoms with van der Waals surface area (Å²) in [4.78, 5) is 9.07. The lowest BCUT2D eigenvalue weighted by Crippen LogP contribution is -2.48. The number of methoxy groups -OCH3 is 1. The van der Waals surface area contributed by atoms with Crippen LogP contribution in [0.5, 0.6) is 5.75 Å². The molecule has 3 aromatic rings. The molecule has 0 N–H and O–H groups in total. The summed E-state index contributed by atoms with van der Waals surface area (Å²) in [7, 11) is 1.72. The van der Waals surface area contributed by atoms with Crippen LogP contribution in [0.1, 0.15) is 43.8 Å². The average Bonchev–Trinajstić information content (AvgIpc) is 3.26. The Morgan fingerprint density at radius 3 is 2.39 bits per heavy atom. The first-order chi connectivity index (χ1) is 15.0. The second kappa shape index (κ2) is 9.11. The molecule has 8 heteroatoms. The van der Waals surface area contributed by atoms with Gasteiger partial charge in [-0.15, -0.1) is 5.10 Å². The van der Waals surface area contributed by atoms with Crippen LogP contribution in [0.3, 0.4) is 0 Å². The minimum Gasteiger partial charge on any atom is -0.496 e. The number of benzene rings is 1. The largest absolute Gasteiger partial charge is 0.496 e. The molecule has 0 bridgehead atoms. The molecule has 0 amide bonds. The highest BCUT2D eigenvalue weighted by atomic mass is 16.5. The molecule has 1 atom stereocenters. The lowest BCUT2D eigenvalue weighted by atomic mass is 10.0. The minimum atomic E-state index is -0.220. The fourth-order valence-electron chi connectivity index (χ4n) is 4.16. The second-order valence-electron chi connectivity index (χ2n) is 8.93. The second-order valence-corrected chi connectivity index (χ2v) is 8.93. The fraction of sp³-hybridized carbons (Fsp3) is 0.478. The fourth-order valence-corrected chi connectivity index (χ4v) is 4.16. The summed E-state index contributed by atoms with van der Waals surface area (Å²) in [5.74, 6) is 1.70. The van der Waals surface area contributed by atoms with E-state index in [0.717, 1.165) is 49.9 Å². The molecule has 164 valence electrons. The summed E-state index contributed by atoms with van der Waals surface area (Å²) in [6, 6.07) is 12.3. The summed E-state index contributed by atoms with van der Waals surface area (Å²) in [6.07, 6.45) is 3.71. The Morgan fingerprint density at radius 2 is 1.71 bits per heavy atom. The summed E-state index contributed by atoms with van der Waals surface area (Å²) in [6.45, 7) is 11.1. The van der Waals surface area contributed by atoms with E-state index in [-0.39, 0.29) is 11.6 Å². The summed E-state index contributed by atoms with van der Waals surface area (Å²) >= 11 is 0. The van der Waals surface area contributed by atoms with Crippen LogP contribution in [-0.4, -0.2) is 68.3 Å². The lowest BCUT2D eigenvalue weighted by molar-refractivity contribution is 0.0970. The zero-order valence-corrected chi connectivity index (χ0v) is 18.8. The number of ether oxygens (including phenoxy) is 1. The number of hydrogen-bond acceptors (Lipinski definition) is 7. The molecule has 31 heavy (non-hydrogen) atoms. The average molecular weight is 422 g/mol. The van der Waals surface area contributed by atoms with Gasteiger partial charge in [0.1, 0.15) is 11.8 Å². The van der Waals surface area contributed by atoms with Crippen LogP contribution in [0.2, 0.25) is 0 Å². The molecule has 0 spiro atoms. The zero-order valence-electron chi connectivity index (χ0n) is 18.8. The van der Waals surface area contributed by atoms with Crippen LogP contribution in [0.4, 0.5) is 0 Å². The quantitative estimate of drug-likeness (QED) is 0.606. The Balaban J connectivity index is 1.61. The normalized spacial score (nSPS) is 16.9. The van der Waals surface area contributed by atoms with E-state index in [1.165, 1.54) is 5.56 Å². The van der Waals surface area contributed by atoms with Crippen LogP contribution < -0.4 is 4.74 Å². The van der Waals surface area contributed by atoms with Crippen LogP contribution in [0.25, 0.3) is 0 Å². The topological polar surface area (TPSA) is 72.2 Å². The maximum absolute atomic E-state index is 5.72. The van der Waals surface area contributed by atoms with Crippen molar-refractivity contribution in [3.63, 3.8) is 0 Å². The van der Waals surface area contributed by atoms with Gasteiger partial charge in [0.2, 0.25) is 0 Å². The van der Waals surface area contributed by atoms with Crippen molar-refractivity contribution in [2.75, 3.05) is 33.3 Å². The van der Waals surface area contributed by atoms with E-state index in [1.54, 1.807) is 7.11 Å². The van der Waals surface area contributed by atoms with Crippen LogP contribution in [0, 0.1) is 0 Å². The van der Waals surface area contributed by atoms with Crippen molar-refractivity contribution in [3.05, 3.63) is 65.7 Å². The Labute approximate surface area is 183 Å². The molecular weight excluding hydrogens is 390 g/mol. The number of rotatable bonds is 6. The van der Waals surface area contributed by atoms with Crippen molar-refractivity contribution >= 4 is 0 Å². The Kier molecular flexibility index (Phi) is 6.29. The first-order valence-corrected chi connectivity index (χ1v) is 10.7. The van der Waals surface area contributed by atoms with Gasteiger partial charge in [-0.2, -0.15) is 0 Å². The van der Waals surface area contributed by atoms with E-state index in [1.807, 2.05) is 29.2 Å². The highest BCUT2D eigenvalue weighted by Gasteiger charge is 2.34. The number of tetrazole rings is 1. The van der Waals surface area contributed by atoms with Gasteiger partial charge in [0, 0.05) is 50.7 Å². The van der Waals surface area contributed by atoms with E-state index in [9.17, 15) is 0 Å². The zero-order chi connectivity index (χ0) is 21.8. The number of para-hydroxylation sites is 1. The van der Waals surface area contributed by atoms with Crippen molar-refractivity contribution < 1.29 is 4.74 Å². The van der Waals surface area contributed by atoms with Crippen LogP contribution in [-0.2, 0) is 12.1 Å².